The zero-order chi connectivity index (χ0) is 11.9. The van der Waals surface area contributed by atoms with Crippen molar-refractivity contribution >= 4 is 17.0 Å². The molecule has 0 spiro atoms. The van der Waals surface area contributed by atoms with Crippen molar-refractivity contribution < 1.29 is 4.74 Å². The van der Waals surface area contributed by atoms with Crippen LogP contribution in [0, 0.1) is 0 Å². The van der Waals surface area contributed by atoms with Gasteiger partial charge in [0.15, 0.2) is 0 Å². The van der Waals surface area contributed by atoms with Gasteiger partial charge in [-0.05, 0) is 34.9 Å². The van der Waals surface area contributed by atoms with Crippen LogP contribution in [-0.2, 0) is 17.8 Å². The van der Waals surface area contributed by atoms with E-state index in [2.05, 4.69) is 34.3 Å². The van der Waals surface area contributed by atoms with Crippen LogP contribution >= 0.6 is 11.3 Å². The SMILES string of the molecule is COCc1ccccc1NCCc1ccsc1. The lowest BCUT2D eigenvalue weighted by Crippen LogP contribution is -2.06. The molecule has 1 heterocycles. The molecule has 0 bridgehead atoms. The number of anilines is 1. The van der Waals surface area contributed by atoms with Crippen LogP contribution in [0.5, 0.6) is 0 Å². The molecule has 0 aliphatic carbocycles. The minimum absolute atomic E-state index is 0.654. The molecule has 0 saturated carbocycles. The first-order chi connectivity index (χ1) is 8.40. The van der Waals surface area contributed by atoms with E-state index in [9.17, 15) is 0 Å². The van der Waals surface area contributed by atoms with Crippen LogP contribution in [0.4, 0.5) is 5.69 Å². The Hall–Kier alpha value is -1.32. The van der Waals surface area contributed by atoms with E-state index in [1.54, 1.807) is 18.4 Å². The zero-order valence-electron chi connectivity index (χ0n) is 9.98. The fourth-order valence-electron chi connectivity index (χ4n) is 1.75. The Morgan fingerprint density at radius 2 is 2.12 bits per heavy atom. The lowest BCUT2D eigenvalue weighted by atomic mass is 10.2. The number of hydrogen-bond acceptors (Lipinski definition) is 3. The molecule has 90 valence electrons. The normalized spacial score (nSPS) is 10.4. The molecule has 0 atom stereocenters. The van der Waals surface area contributed by atoms with Gasteiger partial charge in [0.2, 0.25) is 0 Å². The molecule has 0 saturated heterocycles. The molecular formula is C14H17NOS. The summed E-state index contributed by atoms with van der Waals surface area (Å²) >= 11 is 1.75. The van der Waals surface area contributed by atoms with Gasteiger partial charge in [-0.15, -0.1) is 0 Å². The first-order valence-corrected chi connectivity index (χ1v) is 6.66. The number of para-hydroxylation sites is 1. The third-order valence-corrected chi connectivity index (χ3v) is 3.36. The molecule has 1 aromatic heterocycles. The second-order valence-corrected chi connectivity index (χ2v) is 4.68. The van der Waals surface area contributed by atoms with Crippen molar-refractivity contribution in [3.05, 3.63) is 52.2 Å². The highest BCUT2D eigenvalue weighted by Gasteiger charge is 2.00. The molecule has 2 rings (SSSR count). The van der Waals surface area contributed by atoms with Gasteiger partial charge >= 0.3 is 0 Å². The van der Waals surface area contributed by atoms with Crippen molar-refractivity contribution in [3.8, 4) is 0 Å². The standard InChI is InChI=1S/C14H17NOS/c1-16-10-13-4-2-3-5-14(13)15-8-6-12-7-9-17-11-12/h2-5,7,9,11,15H,6,8,10H2,1H3. The Bertz CT molecular complexity index is 439. The molecule has 0 amide bonds. The quantitative estimate of drug-likeness (QED) is 0.843. The van der Waals surface area contributed by atoms with Crippen LogP contribution in [0.3, 0.4) is 0 Å². The van der Waals surface area contributed by atoms with Crippen LogP contribution in [0.25, 0.3) is 0 Å². The first kappa shape index (κ1) is 12.1. The van der Waals surface area contributed by atoms with Gasteiger partial charge in [0, 0.05) is 24.9 Å². The van der Waals surface area contributed by atoms with Gasteiger partial charge < -0.3 is 10.1 Å². The summed E-state index contributed by atoms with van der Waals surface area (Å²) in [6.07, 6.45) is 1.06. The smallest absolute Gasteiger partial charge is 0.0733 e. The molecule has 1 N–H and O–H groups in total. The number of ether oxygens (including phenoxy) is 1. The fraction of sp³-hybridized carbons (Fsp3) is 0.286. The Balaban J connectivity index is 1.89. The molecule has 0 unspecified atom stereocenters. The van der Waals surface area contributed by atoms with Gasteiger partial charge in [-0.1, -0.05) is 18.2 Å². The van der Waals surface area contributed by atoms with Crippen LogP contribution in [0.2, 0.25) is 0 Å². The number of benzene rings is 1. The number of rotatable bonds is 6. The number of thiophene rings is 1. The van der Waals surface area contributed by atoms with E-state index in [1.807, 2.05) is 12.1 Å². The van der Waals surface area contributed by atoms with E-state index in [-0.39, 0.29) is 0 Å². The average molecular weight is 247 g/mol. The van der Waals surface area contributed by atoms with Gasteiger partial charge in [-0.25, -0.2) is 0 Å². The van der Waals surface area contributed by atoms with Crippen molar-refractivity contribution in [1.82, 2.24) is 0 Å². The molecule has 17 heavy (non-hydrogen) atoms. The van der Waals surface area contributed by atoms with Gasteiger partial charge in [0.05, 0.1) is 6.61 Å². The largest absolute Gasteiger partial charge is 0.384 e. The number of nitrogens with one attached hydrogen (secondary N) is 1. The van der Waals surface area contributed by atoms with Gasteiger partial charge in [-0.3, -0.25) is 0 Å². The minimum atomic E-state index is 0.654. The van der Waals surface area contributed by atoms with Crippen molar-refractivity contribution in [1.29, 1.82) is 0 Å². The Kier molecular flexibility index (Phi) is 4.59. The Morgan fingerprint density at radius 3 is 2.88 bits per heavy atom. The average Bonchev–Trinajstić information content (AvgIpc) is 2.85. The summed E-state index contributed by atoms with van der Waals surface area (Å²) in [6, 6.07) is 10.5. The summed E-state index contributed by atoms with van der Waals surface area (Å²) in [6.45, 7) is 1.61. The summed E-state index contributed by atoms with van der Waals surface area (Å²) in [4.78, 5) is 0. The molecular weight excluding hydrogens is 230 g/mol. The van der Waals surface area contributed by atoms with Gasteiger partial charge in [0.25, 0.3) is 0 Å². The summed E-state index contributed by atoms with van der Waals surface area (Å²) < 4.78 is 5.18. The fourth-order valence-corrected chi connectivity index (χ4v) is 2.45. The van der Waals surface area contributed by atoms with E-state index in [4.69, 9.17) is 4.74 Å². The van der Waals surface area contributed by atoms with Crippen molar-refractivity contribution in [2.75, 3.05) is 19.0 Å². The Labute approximate surface area is 106 Å². The maximum absolute atomic E-state index is 5.18. The molecule has 0 fully saturated rings. The number of methoxy groups -OCH3 is 1. The highest BCUT2D eigenvalue weighted by atomic mass is 32.1. The predicted molar refractivity (Wildman–Crippen MR) is 73.7 cm³/mol. The maximum Gasteiger partial charge on any atom is 0.0733 e. The predicted octanol–water partition coefficient (Wildman–Crippen LogP) is 3.55. The highest BCUT2D eigenvalue weighted by Crippen LogP contribution is 2.16. The van der Waals surface area contributed by atoms with Crippen molar-refractivity contribution in [3.63, 3.8) is 0 Å². The van der Waals surface area contributed by atoms with Crippen molar-refractivity contribution in [2.45, 2.75) is 13.0 Å². The van der Waals surface area contributed by atoms with Crippen molar-refractivity contribution in [2.24, 2.45) is 0 Å². The minimum Gasteiger partial charge on any atom is -0.384 e. The van der Waals surface area contributed by atoms with Gasteiger partial charge in [-0.2, -0.15) is 11.3 Å². The van der Waals surface area contributed by atoms with E-state index in [1.165, 1.54) is 16.8 Å². The zero-order valence-corrected chi connectivity index (χ0v) is 10.8. The second-order valence-electron chi connectivity index (χ2n) is 3.90. The molecule has 0 aliphatic heterocycles. The van der Waals surface area contributed by atoms with Gasteiger partial charge in [0.1, 0.15) is 0 Å². The van der Waals surface area contributed by atoms with Crippen LogP contribution in [0.15, 0.2) is 41.1 Å². The van der Waals surface area contributed by atoms with Crippen LogP contribution < -0.4 is 5.32 Å². The van der Waals surface area contributed by atoms with Crippen LogP contribution in [-0.4, -0.2) is 13.7 Å². The van der Waals surface area contributed by atoms with E-state index >= 15 is 0 Å². The maximum atomic E-state index is 5.18. The summed E-state index contributed by atoms with van der Waals surface area (Å²) in [5.74, 6) is 0. The third kappa shape index (κ3) is 3.58. The number of hydrogen-bond donors (Lipinski definition) is 1. The first-order valence-electron chi connectivity index (χ1n) is 5.72. The molecule has 0 radical (unpaired) electrons. The summed E-state index contributed by atoms with van der Waals surface area (Å²) in [5, 5.41) is 7.78. The van der Waals surface area contributed by atoms with Crippen LogP contribution in [0.1, 0.15) is 11.1 Å². The topological polar surface area (TPSA) is 21.3 Å². The van der Waals surface area contributed by atoms with E-state index in [0.29, 0.717) is 6.61 Å². The third-order valence-electron chi connectivity index (χ3n) is 2.63. The molecule has 2 aromatic rings. The lowest BCUT2D eigenvalue weighted by Gasteiger charge is -2.10. The monoisotopic (exact) mass is 247 g/mol. The second kappa shape index (κ2) is 6.42. The highest BCUT2D eigenvalue weighted by molar-refractivity contribution is 7.07. The molecule has 2 nitrogen and oxygen atoms in total. The molecule has 3 heteroatoms. The molecule has 0 aliphatic rings. The Morgan fingerprint density at radius 1 is 1.24 bits per heavy atom. The lowest BCUT2D eigenvalue weighted by molar-refractivity contribution is 0.185. The summed E-state index contributed by atoms with van der Waals surface area (Å²) in [7, 11) is 1.72. The van der Waals surface area contributed by atoms with E-state index in [0.717, 1.165) is 13.0 Å². The molecule has 1 aromatic carbocycles. The summed E-state index contributed by atoms with van der Waals surface area (Å²) in [5.41, 5.74) is 3.77. The van der Waals surface area contributed by atoms with E-state index < -0.39 is 0 Å².